The lowest BCUT2D eigenvalue weighted by molar-refractivity contribution is -0.116. The number of anilines is 2. The lowest BCUT2D eigenvalue weighted by atomic mass is 10.2. The highest BCUT2D eigenvalue weighted by Gasteiger charge is 2.15. The number of aryl methyl sites for hydroxylation is 1. The van der Waals surface area contributed by atoms with Gasteiger partial charge in [-0.15, -0.1) is 0 Å². The molecule has 1 fully saturated rings. The fourth-order valence-electron chi connectivity index (χ4n) is 3.59. The van der Waals surface area contributed by atoms with Crippen molar-refractivity contribution in [3.05, 3.63) is 54.2 Å². The first-order valence-corrected chi connectivity index (χ1v) is 10.5. The number of hydrogen-bond acceptors (Lipinski definition) is 6. The molecule has 1 aliphatic rings. The molecule has 4 rings (SSSR count). The van der Waals surface area contributed by atoms with E-state index < -0.39 is 0 Å². The van der Waals surface area contributed by atoms with Gasteiger partial charge in [0.1, 0.15) is 11.6 Å². The molecule has 0 aliphatic carbocycles. The summed E-state index contributed by atoms with van der Waals surface area (Å²) in [6.07, 6.45) is 2.65. The summed E-state index contributed by atoms with van der Waals surface area (Å²) in [6, 6.07) is 12.0. The third kappa shape index (κ3) is 5.39. The van der Waals surface area contributed by atoms with Crippen molar-refractivity contribution in [2.75, 3.05) is 29.9 Å². The van der Waals surface area contributed by atoms with Crippen LogP contribution in [-0.4, -0.2) is 35.7 Å². The number of amides is 1. The molecule has 0 bridgehead atoms. The maximum atomic E-state index is 14.0. The van der Waals surface area contributed by atoms with Crippen LogP contribution < -0.4 is 15.0 Å². The van der Waals surface area contributed by atoms with Gasteiger partial charge in [0, 0.05) is 42.9 Å². The van der Waals surface area contributed by atoms with Crippen LogP contribution in [-0.2, 0) is 11.2 Å². The number of benzene rings is 2. The number of carbonyl (C=O) groups excluding carboxylic acids is 1. The number of halogens is 1. The van der Waals surface area contributed by atoms with E-state index in [1.807, 2.05) is 37.3 Å². The highest BCUT2D eigenvalue weighted by Crippen LogP contribution is 2.25. The van der Waals surface area contributed by atoms with Gasteiger partial charge in [-0.25, -0.2) is 4.39 Å². The first kappa shape index (κ1) is 20.8. The second-order valence-corrected chi connectivity index (χ2v) is 7.41. The Morgan fingerprint density at radius 2 is 1.97 bits per heavy atom. The van der Waals surface area contributed by atoms with Gasteiger partial charge in [0.05, 0.1) is 6.61 Å². The Bertz CT molecular complexity index is 1030. The molecule has 7 nitrogen and oxygen atoms in total. The van der Waals surface area contributed by atoms with Crippen LogP contribution in [0.2, 0.25) is 0 Å². The van der Waals surface area contributed by atoms with Gasteiger partial charge in [0.2, 0.25) is 17.6 Å². The summed E-state index contributed by atoms with van der Waals surface area (Å²) in [7, 11) is 0. The Labute approximate surface area is 180 Å². The van der Waals surface area contributed by atoms with Crippen molar-refractivity contribution < 1.29 is 18.4 Å². The van der Waals surface area contributed by atoms with Gasteiger partial charge in [0.25, 0.3) is 0 Å². The monoisotopic (exact) mass is 424 g/mol. The number of hydrogen-bond donors (Lipinski definition) is 1. The van der Waals surface area contributed by atoms with Crippen LogP contribution in [0.1, 0.15) is 32.1 Å². The molecule has 1 saturated heterocycles. The van der Waals surface area contributed by atoms with Crippen molar-refractivity contribution in [1.82, 2.24) is 10.1 Å². The number of ether oxygens (including phenoxy) is 1. The van der Waals surface area contributed by atoms with Gasteiger partial charge in [-0.2, -0.15) is 4.98 Å². The predicted molar refractivity (Wildman–Crippen MR) is 116 cm³/mol. The van der Waals surface area contributed by atoms with Crippen molar-refractivity contribution in [1.29, 1.82) is 0 Å². The number of rotatable bonds is 8. The predicted octanol–water partition coefficient (Wildman–Crippen LogP) is 4.45. The van der Waals surface area contributed by atoms with E-state index in [-0.39, 0.29) is 18.1 Å². The van der Waals surface area contributed by atoms with Gasteiger partial charge in [0.15, 0.2) is 0 Å². The molecule has 0 spiro atoms. The minimum absolute atomic E-state index is 0.153. The average molecular weight is 424 g/mol. The zero-order valence-corrected chi connectivity index (χ0v) is 17.4. The second kappa shape index (κ2) is 9.59. The van der Waals surface area contributed by atoms with Crippen molar-refractivity contribution in [3.63, 3.8) is 0 Å². The van der Waals surface area contributed by atoms with E-state index in [0.717, 1.165) is 42.9 Å². The Hall–Kier alpha value is -3.42. The van der Waals surface area contributed by atoms with Gasteiger partial charge >= 0.3 is 0 Å². The third-order valence-corrected chi connectivity index (χ3v) is 5.10. The molecule has 0 unspecified atom stereocenters. The third-order valence-electron chi connectivity index (χ3n) is 5.10. The van der Waals surface area contributed by atoms with Crippen molar-refractivity contribution in [2.45, 2.75) is 32.6 Å². The maximum absolute atomic E-state index is 14.0. The van der Waals surface area contributed by atoms with E-state index in [2.05, 4.69) is 20.4 Å². The van der Waals surface area contributed by atoms with Crippen LogP contribution in [0.3, 0.4) is 0 Å². The summed E-state index contributed by atoms with van der Waals surface area (Å²) in [4.78, 5) is 18.8. The molecule has 1 amide bonds. The van der Waals surface area contributed by atoms with Crippen molar-refractivity contribution in [3.8, 4) is 17.1 Å². The Morgan fingerprint density at radius 3 is 2.71 bits per heavy atom. The lowest BCUT2D eigenvalue weighted by Gasteiger charge is -2.18. The molecule has 1 N–H and O–H groups in total. The Kier molecular flexibility index (Phi) is 6.45. The topological polar surface area (TPSA) is 80.5 Å². The summed E-state index contributed by atoms with van der Waals surface area (Å²) in [5.74, 6) is 1.00. The SMILES string of the molecule is CCOc1ccc(-c2noc(CCC(=O)Nc3cc(F)cc(N4CCCC4)c3)n2)cc1. The minimum Gasteiger partial charge on any atom is -0.494 e. The summed E-state index contributed by atoms with van der Waals surface area (Å²) >= 11 is 0. The molecular formula is C23H25FN4O3. The van der Waals surface area contributed by atoms with Gasteiger partial charge < -0.3 is 19.5 Å². The summed E-state index contributed by atoms with van der Waals surface area (Å²) < 4.78 is 24.7. The highest BCUT2D eigenvalue weighted by molar-refractivity contribution is 5.91. The van der Waals surface area contributed by atoms with Crippen LogP contribution in [0.15, 0.2) is 47.0 Å². The first-order valence-electron chi connectivity index (χ1n) is 10.5. The molecule has 0 atom stereocenters. The standard InChI is InChI=1S/C23H25FN4O3/c1-2-30-20-7-5-16(6-8-20)23-26-22(31-27-23)10-9-21(29)25-18-13-17(24)14-19(15-18)28-11-3-4-12-28/h5-8,13-15H,2-4,9-12H2,1H3,(H,25,29). The summed E-state index contributed by atoms with van der Waals surface area (Å²) in [5, 5.41) is 6.74. The number of aromatic nitrogens is 2. The molecule has 0 saturated carbocycles. The molecule has 0 radical (unpaired) electrons. The lowest BCUT2D eigenvalue weighted by Crippen LogP contribution is -2.18. The smallest absolute Gasteiger partial charge is 0.227 e. The van der Waals surface area contributed by atoms with Crippen LogP contribution in [0.5, 0.6) is 5.75 Å². The second-order valence-electron chi connectivity index (χ2n) is 7.41. The van der Waals surface area contributed by atoms with E-state index in [1.165, 1.54) is 12.1 Å². The number of nitrogens with zero attached hydrogens (tertiary/aromatic N) is 3. The van der Waals surface area contributed by atoms with Gasteiger partial charge in [-0.1, -0.05) is 5.16 Å². The van der Waals surface area contributed by atoms with Gasteiger partial charge in [-0.3, -0.25) is 4.79 Å². The van der Waals surface area contributed by atoms with E-state index in [1.54, 1.807) is 0 Å². The molecular weight excluding hydrogens is 399 g/mol. The molecule has 1 aliphatic heterocycles. The van der Waals surface area contributed by atoms with Crippen LogP contribution >= 0.6 is 0 Å². The number of carbonyl (C=O) groups is 1. The first-order chi connectivity index (χ1) is 15.1. The zero-order valence-electron chi connectivity index (χ0n) is 17.4. The fraction of sp³-hybridized carbons (Fsp3) is 0.348. The van der Waals surface area contributed by atoms with Gasteiger partial charge in [-0.05, 0) is 62.2 Å². The summed E-state index contributed by atoms with van der Waals surface area (Å²) in [6.45, 7) is 4.34. The number of nitrogens with one attached hydrogen (secondary N) is 1. The zero-order chi connectivity index (χ0) is 21.6. The Balaban J connectivity index is 1.33. The molecule has 2 aromatic carbocycles. The van der Waals surface area contributed by atoms with Crippen molar-refractivity contribution >= 4 is 17.3 Å². The van der Waals surface area contributed by atoms with Crippen LogP contribution in [0, 0.1) is 5.82 Å². The Morgan fingerprint density at radius 1 is 1.19 bits per heavy atom. The highest BCUT2D eigenvalue weighted by atomic mass is 19.1. The van der Waals surface area contributed by atoms with E-state index in [0.29, 0.717) is 30.4 Å². The quantitative estimate of drug-likeness (QED) is 0.576. The molecule has 1 aromatic heterocycles. The van der Waals surface area contributed by atoms with E-state index in [4.69, 9.17) is 9.26 Å². The van der Waals surface area contributed by atoms with Crippen LogP contribution in [0.25, 0.3) is 11.4 Å². The van der Waals surface area contributed by atoms with E-state index >= 15 is 0 Å². The molecule has 162 valence electrons. The normalized spacial score (nSPS) is 13.4. The molecule has 2 heterocycles. The molecule has 8 heteroatoms. The largest absolute Gasteiger partial charge is 0.494 e. The van der Waals surface area contributed by atoms with E-state index in [9.17, 15) is 9.18 Å². The molecule has 3 aromatic rings. The molecule has 31 heavy (non-hydrogen) atoms. The average Bonchev–Trinajstić information content (AvgIpc) is 3.45. The minimum atomic E-state index is -0.364. The fourth-order valence-corrected chi connectivity index (χ4v) is 3.59. The summed E-state index contributed by atoms with van der Waals surface area (Å²) in [5.41, 5.74) is 2.05. The maximum Gasteiger partial charge on any atom is 0.227 e. The van der Waals surface area contributed by atoms with Crippen LogP contribution in [0.4, 0.5) is 15.8 Å². The van der Waals surface area contributed by atoms with Crippen molar-refractivity contribution in [2.24, 2.45) is 0 Å².